The standard InChI is InChI=1S/C13H13F3N2O3/c1-17-7-9-6-12(21-18-9)8-19-10-2-4-11(5-3-10)20-13(14,15)16/h2-6,17H,7-8H2,1H3. The lowest BCUT2D eigenvalue weighted by atomic mass is 10.3. The van der Waals surface area contributed by atoms with Crippen LogP contribution in [0.4, 0.5) is 13.2 Å². The minimum Gasteiger partial charge on any atom is -0.486 e. The lowest BCUT2D eigenvalue weighted by molar-refractivity contribution is -0.274. The van der Waals surface area contributed by atoms with E-state index in [1.54, 1.807) is 13.1 Å². The summed E-state index contributed by atoms with van der Waals surface area (Å²) in [6.45, 7) is 0.711. The molecule has 0 saturated heterocycles. The van der Waals surface area contributed by atoms with E-state index in [9.17, 15) is 13.2 Å². The van der Waals surface area contributed by atoms with Crippen LogP contribution in [0.15, 0.2) is 34.9 Å². The molecule has 21 heavy (non-hydrogen) atoms. The van der Waals surface area contributed by atoms with Crippen LogP contribution in [0.5, 0.6) is 11.5 Å². The molecule has 114 valence electrons. The SMILES string of the molecule is CNCc1cc(COc2ccc(OC(F)(F)F)cc2)on1. The summed E-state index contributed by atoms with van der Waals surface area (Å²) in [6, 6.07) is 6.85. The Kier molecular flexibility index (Phi) is 4.69. The van der Waals surface area contributed by atoms with E-state index < -0.39 is 6.36 Å². The number of rotatable bonds is 6. The number of ether oxygens (including phenoxy) is 2. The Morgan fingerprint density at radius 1 is 1.19 bits per heavy atom. The second kappa shape index (κ2) is 6.49. The third-order valence-corrected chi connectivity index (χ3v) is 2.40. The number of benzene rings is 1. The minimum absolute atomic E-state index is 0.135. The van der Waals surface area contributed by atoms with E-state index in [4.69, 9.17) is 9.26 Å². The molecule has 1 aromatic heterocycles. The fraction of sp³-hybridized carbons (Fsp3) is 0.308. The smallest absolute Gasteiger partial charge is 0.486 e. The highest BCUT2D eigenvalue weighted by Gasteiger charge is 2.30. The van der Waals surface area contributed by atoms with Crippen molar-refractivity contribution in [2.45, 2.75) is 19.5 Å². The molecule has 0 bridgehead atoms. The molecule has 0 aliphatic heterocycles. The Morgan fingerprint density at radius 2 is 1.86 bits per heavy atom. The lowest BCUT2D eigenvalue weighted by Crippen LogP contribution is -2.16. The summed E-state index contributed by atoms with van der Waals surface area (Å²) in [5.41, 5.74) is 0.741. The van der Waals surface area contributed by atoms with Crippen molar-refractivity contribution < 1.29 is 27.2 Å². The highest BCUT2D eigenvalue weighted by atomic mass is 19.4. The van der Waals surface area contributed by atoms with Crippen LogP contribution in [0, 0.1) is 0 Å². The molecule has 2 aromatic rings. The second-order valence-electron chi connectivity index (χ2n) is 4.12. The van der Waals surface area contributed by atoms with E-state index in [2.05, 4.69) is 15.2 Å². The van der Waals surface area contributed by atoms with Gasteiger partial charge < -0.3 is 19.3 Å². The van der Waals surface area contributed by atoms with Crippen LogP contribution in [-0.4, -0.2) is 18.6 Å². The van der Waals surface area contributed by atoms with E-state index in [0.717, 1.165) is 5.69 Å². The van der Waals surface area contributed by atoms with E-state index >= 15 is 0 Å². The molecule has 2 rings (SSSR count). The Morgan fingerprint density at radius 3 is 2.48 bits per heavy atom. The summed E-state index contributed by atoms with van der Waals surface area (Å²) in [7, 11) is 1.79. The molecule has 1 aromatic carbocycles. The third-order valence-electron chi connectivity index (χ3n) is 2.40. The molecule has 5 nitrogen and oxygen atoms in total. The Bertz CT molecular complexity index is 567. The largest absolute Gasteiger partial charge is 0.573 e. The lowest BCUT2D eigenvalue weighted by Gasteiger charge is -2.09. The van der Waals surface area contributed by atoms with Gasteiger partial charge in [0.1, 0.15) is 18.1 Å². The fourth-order valence-corrected chi connectivity index (χ4v) is 1.58. The molecule has 0 fully saturated rings. The molecule has 1 N–H and O–H groups in total. The van der Waals surface area contributed by atoms with Crippen molar-refractivity contribution in [1.29, 1.82) is 0 Å². The van der Waals surface area contributed by atoms with E-state index in [0.29, 0.717) is 18.1 Å². The third kappa shape index (κ3) is 4.99. The van der Waals surface area contributed by atoms with E-state index in [-0.39, 0.29) is 12.4 Å². The van der Waals surface area contributed by atoms with Crippen molar-refractivity contribution >= 4 is 0 Å². The zero-order valence-corrected chi connectivity index (χ0v) is 11.1. The van der Waals surface area contributed by atoms with Crippen molar-refractivity contribution in [3.05, 3.63) is 41.8 Å². The monoisotopic (exact) mass is 302 g/mol. The average molecular weight is 302 g/mol. The van der Waals surface area contributed by atoms with Crippen LogP contribution >= 0.6 is 0 Å². The van der Waals surface area contributed by atoms with Gasteiger partial charge in [-0.05, 0) is 31.3 Å². The first-order valence-electron chi connectivity index (χ1n) is 6.04. The molecular formula is C13H13F3N2O3. The highest BCUT2D eigenvalue weighted by molar-refractivity contribution is 5.31. The first-order chi connectivity index (χ1) is 9.96. The zero-order valence-electron chi connectivity index (χ0n) is 11.1. The summed E-state index contributed by atoms with van der Waals surface area (Å²) in [5.74, 6) is 0.623. The molecule has 0 aliphatic rings. The molecule has 0 radical (unpaired) electrons. The number of aromatic nitrogens is 1. The van der Waals surface area contributed by atoms with Gasteiger partial charge in [-0.2, -0.15) is 0 Å². The van der Waals surface area contributed by atoms with Gasteiger partial charge in [0, 0.05) is 12.6 Å². The van der Waals surface area contributed by atoms with Gasteiger partial charge in [0.25, 0.3) is 0 Å². The Labute approximate surface area is 118 Å². The summed E-state index contributed by atoms with van der Waals surface area (Å²) in [4.78, 5) is 0. The predicted octanol–water partition coefficient (Wildman–Crippen LogP) is 2.87. The summed E-state index contributed by atoms with van der Waals surface area (Å²) in [5, 5.41) is 6.74. The number of hydrogen-bond acceptors (Lipinski definition) is 5. The number of nitrogens with zero attached hydrogens (tertiary/aromatic N) is 1. The summed E-state index contributed by atoms with van der Waals surface area (Å²) >= 11 is 0. The van der Waals surface area contributed by atoms with Crippen molar-refractivity contribution in [3.8, 4) is 11.5 Å². The van der Waals surface area contributed by atoms with Crippen molar-refractivity contribution in [1.82, 2.24) is 10.5 Å². The maximum absolute atomic E-state index is 12.0. The topological polar surface area (TPSA) is 56.5 Å². The molecule has 0 aliphatic carbocycles. The zero-order chi connectivity index (χ0) is 15.3. The summed E-state index contributed by atoms with van der Waals surface area (Å²) in [6.07, 6.45) is -4.70. The van der Waals surface area contributed by atoms with Crippen molar-refractivity contribution in [2.24, 2.45) is 0 Å². The van der Waals surface area contributed by atoms with Crippen LogP contribution in [-0.2, 0) is 13.2 Å². The average Bonchev–Trinajstić information content (AvgIpc) is 2.84. The first kappa shape index (κ1) is 15.2. The molecule has 0 atom stereocenters. The van der Waals surface area contributed by atoms with Crippen LogP contribution in [0.2, 0.25) is 0 Å². The molecule has 0 saturated carbocycles. The van der Waals surface area contributed by atoms with Crippen molar-refractivity contribution in [2.75, 3.05) is 7.05 Å². The number of hydrogen-bond donors (Lipinski definition) is 1. The van der Waals surface area contributed by atoms with Gasteiger partial charge in [-0.25, -0.2) is 0 Å². The summed E-state index contributed by atoms with van der Waals surface area (Å²) < 4.78 is 50.2. The van der Waals surface area contributed by atoms with Gasteiger partial charge in [-0.15, -0.1) is 13.2 Å². The fourth-order valence-electron chi connectivity index (χ4n) is 1.58. The predicted molar refractivity (Wildman–Crippen MR) is 66.7 cm³/mol. The van der Waals surface area contributed by atoms with Crippen molar-refractivity contribution in [3.63, 3.8) is 0 Å². The van der Waals surface area contributed by atoms with E-state index in [1.807, 2.05) is 0 Å². The van der Waals surface area contributed by atoms with Gasteiger partial charge in [0.15, 0.2) is 5.76 Å². The first-order valence-corrected chi connectivity index (χ1v) is 6.04. The molecule has 8 heteroatoms. The van der Waals surface area contributed by atoms with Gasteiger partial charge in [-0.1, -0.05) is 5.16 Å². The molecule has 0 amide bonds. The van der Waals surface area contributed by atoms with E-state index in [1.165, 1.54) is 24.3 Å². The highest BCUT2D eigenvalue weighted by Crippen LogP contribution is 2.25. The Balaban J connectivity index is 1.88. The quantitative estimate of drug-likeness (QED) is 0.889. The second-order valence-corrected chi connectivity index (χ2v) is 4.12. The van der Waals surface area contributed by atoms with Gasteiger partial charge in [0.2, 0.25) is 0 Å². The molecule has 0 spiro atoms. The minimum atomic E-state index is -4.70. The molecule has 0 unspecified atom stereocenters. The van der Waals surface area contributed by atoms with Gasteiger partial charge in [-0.3, -0.25) is 0 Å². The normalized spacial score (nSPS) is 11.4. The molecule has 1 heterocycles. The number of halogens is 3. The number of nitrogens with one attached hydrogen (secondary N) is 1. The maximum Gasteiger partial charge on any atom is 0.573 e. The van der Waals surface area contributed by atoms with Gasteiger partial charge in [0.05, 0.1) is 5.69 Å². The van der Waals surface area contributed by atoms with Crippen LogP contribution in [0.1, 0.15) is 11.5 Å². The van der Waals surface area contributed by atoms with Crippen LogP contribution < -0.4 is 14.8 Å². The van der Waals surface area contributed by atoms with Crippen LogP contribution in [0.25, 0.3) is 0 Å². The Hall–Kier alpha value is -2.22. The van der Waals surface area contributed by atoms with Gasteiger partial charge >= 0.3 is 6.36 Å². The van der Waals surface area contributed by atoms with Crippen LogP contribution in [0.3, 0.4) is 0 Å². The maximum atomic E-state index is 12.0. The number of alkyl halides is 3. The molecular weight excluding hydrogens is 289 g/mol.